The lowest BCUT2D eigenvalue weighted by Gasteiger charge is -2.05. The quantitative estimate of drug-likeness (QED) is 0.880. The molecule has 0 fully saturated rings. The van der Waals surface area contributed by atoms with Gasteiger partial charge < -0.3 is 14.5 Å². The summed E-state index contributed by atoms with van der Waals surface area (Å²) in [5.74, 6) is 2.30. The van der Waals surface area contributed by atoms with Gasteiger partial charge in [0.15, 0.2) is 0 Å². The molecule has 0 amide bonds. The van der Waals surface area contributed by atoms with Crippen LogP contribution in [0.25, 0.3) is 11.0 Å². The van der Waals surface area contributed by atoms with Gasteiger partial charge in [0.1, 0.15) is 17.1 Å². The molecule has 0 radical (unpaired) electrons. The van der Waals surface area contributed by atoms with Gasteiger partial charge in [-0.3, -0.25) is 0 Å². The normalized spacial score (nSPS) is 11.4. The topological polar surface area (TPSA) is 34.4 Å². The standard InChI is InChI=1S/C14H19NO2/c1-9(2)14-11-6-5-10(16-4)7-12(11)17-13(14)8-15-3/h5-7,9,15H,8H2,1-4H3. The molecule has 1 N–H and O–H groups in total. The SMILES string of the molecule is CNCc1oc2cc(OC)ccc2c1C(C)C. The molecule has 3 nitrogen and oxygen atoms in total. The summed E-state index contributed by atoms with van der Waals surface area (Å²) in [5.41, 5.74) is 2.19. The van der Waals surface area contributed by atoms with Crippen LogP contribution in [0.4, 0.5) is 0 Å². The van der Waals surface area contributed by atoms with Crippen molar-refractivity contribution in [3.8, 4) is 5.75 Å². The fourth-order valence-electron chi connectivity index (χ4n) is 2.20. The number of benzene rings is 1. The van der Waals surface area contributed by atoms with Gasteiger partial charge in [0, 0.05) is 17.0 Å². The van der Waals surface area contributed by atoms with Crippen molar-refractivity contribution in [1.29, 1.82) is 0 Å². The third-order valence-electron chi connectivity index (χ3n) is 2.93. The molecule has 1 aromatic heterocycles. The summed E-state index contributed by atoms with van der Waals surface area (Å²) in [6, 6.07) is 6.00. The molecule has 1 aromatic carbocycles. The second-order valence-corrected chi connectivity index (χ2v) is 4.49. The van der Waals surface area contributed by atoms with Gasteiger partial charge in [-0.25, -0.2) is 0 Å². The highest BCUT2D eigenvalue weighted by Crippen LogP contribution is 2.33. The molecular weight excluding hydrogens is 214 g/mol. The number of rotatable bonds is 4. The van der Waals surface area contributed by atoms with Crippen molar-refractivity contribution in [2.75, 3.05) is 14.2 Å². The molecule has 0 aliphatic heterocycles. The number of fused-ring (bicyclic) bond motifs is 1. The lowest BCUT2D eigenvalue weighted by atomic mass is 9.99. The van der Waals surface area contributed by atoms with Crippen molar-refractivity contribution in [1.82, 2.24) is 5.32 Å². The lowest BCUT2D eigenvalue weighted by molar-refractivity contribution is 0.414. The molecule has 0 saturated carbocycles. The first-order valence-corrected chi connectivity index (χ1v) is 5.91. The van der Waals surface area contributed by atoms with E-state index in [0.717, 1.165) is 23.6 Å². The van der Waals surface area contributed by atoms with Crippen LogP contribution in [0, 0.1) is 0 Å². The molecule has 2 aromatic rings. The Labute approximate surface area is 102 Å². The Bertz CT molecular complexity index is 514. The number of furan rings is 1. The first-order valence-electron chi connectivity index (χ1n) is 5.91. The Morgan fingerprint density at radius 2 is 2.12 bits per heavy atom. The van der Waals surface area contributed by atoms with Crippen LogP contribution in [0.2, 0.25) is 0 Å². The molecule has 0 aliphatic carbocycles. The van der Waals surface area contributed by atoms with Gasteiger partial charge in [-0.05, 0) is 25.1 Å². The summed E-state index contributed by atoms with van der Waals surface area (Å²) < 4.78 is 11.1. The summed E-state index contributed by atoms with van der Waals surface area (Å²) in [6.07, 6.45) is 0. The average Bonchev–Trinajstić information content (AvgIpc) is 2.66. The minimum atomic E-state index is 0.452. The Morgan fingerprint density at radius 3 is 2.71 bits per heavy atom. The summed E-state index contributed by atoms with van der Waals surface area (Å²) >= 11 is 0. The van der Waals surface area contributed by atoms with E-state index in [1.54, 1.807) is 7.11 Å². The third kappa shape index (κ3) is 2.15. The third-order valence-corrected chi connectivity index (χ3v) is 2.93. The van der Waals surface area contributed by atoms with E-state index in [-0.39, 0.29) is 0 Å². The fraction of sp³-hybridized carbons (Fsp3) is 0.429. The van der Waals surface area contributed by atoms with E-state index in [1.807, 2.05) is 19.2 Å². The van der Waals surface area contributed by atoms with Crippen LogP contribution in [-0.4, -0.2) is 14.2 Å². The van der Waals surface area contributed by atoms with Gasteiger partial charge in [-0.1, -0.05) is 13.8 Å². The van der Waals surface area contributed by atoms with Crippen LogP contribution in [0.15, 0.2) is 22.6 Å². The molecule has 2 rings (SSSR count). The number of ether oxygens (including phenoxy) is 1. The zero-order valence-electron chi connectivity index (χ0n) is 10.8. The molecule has 0 saturated heterocycles. The van der Waals surface area contributed by atoms with Crippen LogP contribution < -0.4 is 10.1 Å². The van der Waals surface area contributed by atoms with Crippen LogP contribution in [0.1, 0.15) is 31.1 Å². The highest BCUT2D eigenvalue weighted by molar-refractivity contribution is 5.84. The van der Waals surface area contributed by atoms with E-state index in [2.05, 4.69) is 25.2 Å². The van der Waals surface area contributed by atoms with E-state index in [4.69, 9.17) is 9.15 Å². The second-order valence-electron chi connectivity index (χ2n) is 4.49. The van der Waals surface area contributed by atoms with Crippen molar-refractivity contribution < 1.29 is 9.15 Å². The molecule has 3 heteroatoms. The maximum Gasteiger partial charge on any atom is 0.138 e. The van der Waals surface area contributed by atoms with E-state index in [0.29, 0.717) is 5.92 Å². The van der Waals surface area contributed by atoms with Gasteiger partial charge >= 0.3 is 0 Å². The largest absolute Gasteiger partial charge is 0.497 e. The first kappa shape index (κ1) is 12.0. The number of methoxy groups -OCH3 is 1. The zero-order valence-corrected chi connectivity index (χ0v) is 10.8. The maximum atomic E-state index is 5.90. The predicted octanol–water partition coefficient (Wildman–Crippen LogP) is 3.28. The Balaban J connectivity index is 2.61. The number of nitrogens with one attached hydrogen (secondary N) is 1. The van der Waals surface area contributed by atoms with E-state index in [9.17, 15) is 0 Å². The Morgan fingerprint density at radius 1 is 1.35 bits per heavy atom. The van der Waals surface area contributed by atoms with Crippen LogP contribution >= 0.6 is 0 Å². The average molecular weight is 233 g/mol. The number of hydrogen-bond donors (Lipinski definition) is 1. The van der Waals surface area contributed by atoms with Gasteiger partial charge in [-0.15, -0.1) is 0 Å². The highest BCUT2D eigenvalue weighted by Gasteiger charge is 2.16. The van der Waals surface area contributed by atoms with Crippen molar-refractivity contribution in [2.24, 2.45) is 0 Å². The highest BCUT2D eigenvalue weighted by atomic mass is 16.5. The van der Waals surface area contributed by atoms with Crippen molar-refractivity contribution in [3.63, 3.8) is 0 Å². The van der Waals surface area contributed by atoms with Crippen LogP contribution in [0.3, 0.4) is 0 Å². The molecule has 0 spiro atoms. The summed E-state index contributed by atoms with van der Waals surface area (Å²) in [5, 5.41) is 4.33. The molecule has 0 bridgehead atoms. The first-order chi connectivity index (χ1) is 8.17. The number of hydrogen-bond acceptors (Lipinski definition) is 3. The zero-order chi connectivity index (χ0) is 12.4. The van der Waals surface area contributed by atoms with Gasteiger partial charge in [0.05, 0.1) is 13.7 Å². The van der Waals surface area contributed by atoms with Crippen molar-refractivity contribution in [2.45, 2.75) is 26.3 Å². The minimum absolute atomic E-state index is 0.452. The van der Waals surface area contributed by atoms with Gasteiger partial charge in [0.2, 0.25) is 0 Å². The molecule has 0 unspecified atom stereocenters. The molecule has 0 atom stereocenters. The fourth-order valence-corrected chi connectivity index (χ4v) is 2.20. The Kier molecular flexibility index (Phi) is 3.38. The summed E-state index contributed by atoms with van der Waals surface area (Å²) in [4.78, 5) is 0. The van der Waals surface area contributed by atoms with Crippen molar-refractivity contribution in [3.05, 3.63) is 29.5 Å². The predicted molar refractivity (Wildman–Crippen MR) is 69.6 cm³/mol. The minimum Gasteiger partial charge on any atom is -0.497 e. The molecule has 17 heavy (non-hydrogen) atoms. The molecule has 1 heterocycles. The smallest absolute Gasteiger partial charge is 0.138 e. The lowest BCUT2D eigenvalue weighted by Crippen LogP contribution is -2.06. The monoisotopic (exact) mass is 233 g/mol. The van der Waals surface area contributed by atoms with E-state index >= 15 is 0 Å². The summed E-state index contributed by atoms with van der Waals surface area (Å²) in [6.45, 7) is 5.13. The van der Waals surface area contributed by atoms with E-state index in [1.165, 1.54) is 10.9 Å². The van der Waals surface area contributed by atoms with Gasteiger partial charge in [0.25, 0.3) is 0 Å². The van der Waals surface area contributed by atoms with Crippen LogP contribution in [-0.2, 0) is 6.54 Å². The van der Waals surface area contributed by atoms with Crippen LogP contribution in [0.5, 0.6) is 5.75 Å². The molecule has 92 valence electrons. The van der Waals surface area contributed by atoms with Crippen molar-refractivity contribution >= 4 is 11.0 Å². The Hall–Kier alpha value is -1.48. The summed E-state index contributed by atoms with van der Waals surface area (Å²) in [7, 11) is 3.60. The molecule has 0 aliphatic rings. The second kappa shape index (κ2) is 4.80. The van der Waals surface area contributed by atoms with Gasteiger partial charge in [-0.2, -0.15) is 0 Å². The van der Waals surface area contributed by atoms with E-state index < -0.39 is 0 Å². The molecular formula is C14H19NO2. The maximum absolute atomic E-state index is 5.90.